The van der Waals surface area contributed by atoms with Gasteiger partial charge in [-0.1, -0.05) is 0 Å². The third-order valence-electron chi connectivity index (χ3n) is 3.24. The number of nitrogens with zero attached hydrogens (tertiary/aromatic N) is 4. The van der Waals surface area contributed by atoms with E-state index in [-0.39, 0.29) is 6.79 Å². The predicted molar refractivity (Wildman–Crippen MR) is 79.5 cm³/mol. The molecule has 0 spiro atoms. The first kappa shape index (κ1) is 13.3. The molecule has 1 aliphatic heterocycles. The SMILES string of the molecule is Brc1cnn(CCc2nnc(-c3ccc4c(c3)OCO4)o2)c1. The summed E-state index contributed by atoms with van der Waals surface area (Å²) in [5.74, 6) is 2.46. The molecule has 7 nitrogen and oxygen atoms in total. The number of benzene rings is 1. The van der Waals surface area contributed by atoms with Gasteiger partial charge in [-0.25, -0.2) is 0 Å². The highest BCUT2D eigenvalue weighted by Crippen LogP contribution is 2.35. The lowest BCUT2D eigenvalue weighted by molar-refractivity contribution is 0.174. The summed E-state index contributed by atoms with van der Waals surface area (Å²) in [6.07, 6.45) is 4.26. The molecule has 0 N–H and O–H groups in total. The third-order valence-corrected chi connectivity index (χ3v) is 3.65. The zero-order valence-electron chi connectivity index (χ0n) is 11.4. The Balaban J connectivity index is 1.49. The molecule has 112 valence electrons. The van der Waals surface area contributed by atoms with Crippen molar-refractivity contribution in [2.24, 2.45) is 0 Å². The fourth-order valence-electron chi connectivity index (χ4n) is 2.17. The molecule has 0 saturated heterocycles. The van der Waals surface area contributed by atoms with E-state index in [1.165, 1.54) is 0 Å². The van der Waals surface area contributed by atoms with Crippen LogP contribution in [0, 0.1) is 0 Å². The number of hydrogen-bond acceptors (Lipinski definition) is 6. The van der Waals surface area contributed by atoms with E-state index in [1.54, 1.807) is 6.20 Å². The molecule has 0 aliphatic carbocycles. The number of hydrogen-bond donors (Lipinski definition) is 0. The molecule has 1 aliphatic rings. The van der Waals surface area contributed by atoms with Crippen molar-refractivity contribution >= 4 is 15.9 Å². The number of ether oxygens (including phenoxy) is 2. The van der Waals surface area contributed by atoms with Gasteiger partial charge in [-0.2, -0.15) is 5.10 Å². The second-order valence-electron chi connectivity index (χ2n) is 4.74. The summed E-state index contributed by atoms with van der Waals surface area (Å²) < 4.78 is 19.1. The topological polar surface area (TPSA) is 75.2 Å². The lowest BCUT2D eigenvalue weighted by Gasteiger charge is -1.98. The minimum atomic E-state index is 0.243. The minimum absolute atomic E-state index is 0.243. The van der Waals surface area contributed by atoms with Gasteiger partial charge in [-0.15, -0.1) is 10.2 Å². The Morgan fingerprint density at radius 1 is 1.18 bits per heavy atom. The molecule has 3 heterocycles. The standard InChI is InChI=1S/C14H11BrN4O3/c15-10-6-16-19(7-10)4-3-13-17-18-14(22-13)9-1-2-11-12(5-9)21-8-20-11/h1-2,5-7H,3-4,8H2. The van der Waals surface area contributed by atoms with E-state index in [4.69, 9.17) is 13.9 Å². The van der Waals surface area contributed by atoms with Crippen molar-refractivity contribution in [2.75, 3.05) is 6.79 Å². The molecule has 0 bridgehead atoms. The zero-order chi connectivity index (χ0) is 14.9. The monoisotopic (exact) mass is 362 g/mol. The van der Waals surface area contributed by atoms with Gasteiger partial charge in [-0.3, -0.25) is 4.68 Å². The van der Waals surface area contributed by atoms with Crippen LogP contribution in [0.2, 0.25) is 0 Å². The summed E-state index contributed by atoms with van der Waals surface area (Å²) in [5, 5.41) is 12.3. The maximum Gasteiger partial charge on any atom is 0.247 e. The molecular weight excluding hydrogens is 352 g/mol. The van der Waals surface area contributed by atoms with Crippen LogP contribution in [-0.2, 0) is 13.0 Å². The summed E-state index contributed by atoms with van der Waals surface area (Å²) in [6.45, 7) is 0.918. The quantitative estimate of drug-likeness (QED) is 0.710. The van der Waals surface area contributed by atoms with Gasteiger partial charge in [0.2, 0.25) is 18.6 Å². The van der Waals surface area contributed by atoms with Crippen LogP contribution < -0.4 is 9.47 Å². The van der Waals surface area contributed by atoms with Gasteiger partial charge in [0.15, 0.2) is 11.5 Å². The Labute approximate surface area is 134 Å². The molecule has 0 radical (unpaired) electrons. The van der Waals surface area contributed by atoms with E-state index in [2.05, 4.69) is 31.2 Å². The van der Waals surface area contributed by atoms with Gasteiger partial charge >= 0.3 is 0 Å². The number of halogens is 1. The van der Waals surface area contributed by atoms with Gasteiger partial charge < -0.3 is 13.9 Å². The molecule has 3 aromatic rings. The molecule has 0 fully saturated rings. The number of aromatic nitrogens is 4. The zero-order valence-corrected chi connectivity index (χ0v) is 13.0. The average Bonchev–Trinajstić information content (AvgIpc) is 3.24. The van der Waals surface area contributed by atoms with E-state index in [0.717, 1.165) is 15.8 Å². The fraction of sp³-hybridized carbons (Fsp3) is 0.214. The van der Waals surface area contributed by atoms with E-state index in [1.807, 2.05) is 29.1 Å². The molecule has 4 rings (SSSR count). The maximum atomic E-state index is 5.69. The second-order valence-corrected chi connectivity index (χ2v) is 5.66. The van der Waals surface area contributed by atoms with Crippen molar-refractivity contribution < 1.29 is 13.9 Å². The molecule has 0 saturated carbocycles. The number of fused-ring (bicyclic) bond motifs is 1. The van der Waals surface area contributed by atoms with Gasteiger partial charge in [0.05, 0.1) is 10.7 Å². The summed E-state index contributed by atoms with van der Waals surface area (Å²) >= 11 is 3.36. The fourth-order valence-corrected chi connectivity index (χ4v) is 2.50. The summed E-state index contributed by atoms with van der Waals surface area (Å²) in [4.78, 5) is 0. The Kier molecular flexibility index (Phi) is 3.30. The molecule has 0 atom stereocenters. The Hall–Kier alpha value is -2.35. The summed E-state index contributed by atoms with van der Waals surface area (Å²) in [5.41, 5.74) is 0.810. The molecule has 0 unspecified atom stereocenters. The van der Waals surface area contributed by atoms with Crippen LogP contribution in [-0.4, -0.2) is 26.8 Å². The van der Waals surface area contributed by atoms with Crippen LogP contribution >= 0.6 is 15.9 Å². The van der Waals surface area contributed by atoms with Crippen LogP contribution in [0.5, 0.6) is 11.5 Å². The van der Waals surface area contributed by atoms with Gasteiger partial charge in [0.1, 0.15) is 0 Å². The van der Waals surface area contributed by atoms with Crippen molar-refractivity contribution in [3.05, 3.63) is 41.0 Å². The van der Waals surface area contributed by atoms with E-state index >= 15 is 0 Å². The van der Waals surface area contributed by atoms with Crippen LogP contribution in [0.4, 0.5) is 0 Å². The lowest BCUT2D eigenvalue weighted by Crippen LogP contribution is -2.01. The first-order valence-corrected chi connectivity index (χ1v) is 7.47. The van der Waals surface area contributed by atoms with Crippen molar-refractivity contribution in [3.63, 3.8) is 0 Å². The van der Waals surface area contributed by atoms with Gasteiger partial charge in [0, 0.05) is 24.7 Å². The molecule has 2 aromatic heterocycles. The Bertz CT molecular complexity index is 814. The van der Waals surface area contributed by atoms with Crippen LogP contribution in [0.1, 0.15) is 5.89 Å². The Morgan fingerprint density at radius 3 is 2.95 bits per heavy atom. The molecule has 1 aromatic carbocycles. The number of rotatable bonds is 4. The highest BCUT2D eigenvalue weighted by Gasteiger charge is 2.16. The van der Waals surface area contributed by atoms with Crippen molar-refractivity contribution in [3.8, 4) is 23.0 Å². The molecule has 8 heteroatoms. The molecule has 22 heavy (non-hydrogen) atoms. The van der Waals surface area contributed by atoms with Crippen LogP contribution in [0.3, 0.4) is 0 Å². The minimum Gasteiger partial charge on any atom is -0.454 e. The first-order valence-electron chi connectivity index (χ1n) is 6.68. The van der Waals surface area contributed by atoms with E-state index in [0.29, 0.717) is 30.5 Å². The van der Waals surface area contributed by atoms with Gasteiger partial charge in [-0.05, 0) is 34.1 Å². The highest BCUT2D eigenvalue weighted by molar-refractivity contribution is 9.10. The summed E-state index contributed by atoms with van der Waals surface area (Å²) in [7, 11) is 0. The largest absolute Gasteiger partial charge is 0.454 e. The van der Waals surface area contributed by atoms with Crippen LogP contribution in [0.25, 0.3) is 11.5 Å². The smallest absolute Gasteiger partial charge is 0.247 e. The van der Waals surface area contributed by atoms with Crippen LogP contribution in [0.15, 0.2) is 39.5 Å². The molecular formula is C14H11BrN4O3. The maximum absolute atomic E-state index is 5.69. The first-order chi connectivity index (χ1) is 10.8. The number of aryl methyl sites for hydroxylation is 2. The average molecular weight is 363 g/mol. The third kappa shape index (κ3) is 2.57. The molecule has 0 amide bonds. The Morgan fingerprint density at radius 2 is 2.09 bits per heavy atom. The van der Waals surface area contributed by atoms with Crippen molar-refractivity contribution in [1.29, 1.82) is 0 Å². The van der Waals surface area contributed by atoms with E-state index < -0.39 is 0 Å². The predicted octanol–water partition coefficient (Wildman–Crippen LogP) is 2.67. The normalized spacial score (nSPS) is 12.8. The summed E-state index contributed by atoms with van der Waals surface area (Å²) in [6, 6.07) is 5.54. The van der Waals surface area contributed by atoms with Crippen molar-refractivity contribution in [1.82, 2.24) is 20.0 Å². The van der Waals surface area contributed by atoms with E-state index in [9.17, 15) is 0 Å². The highest BCUT2D eigenvalue weighted by atomic mass is 79.9. The van der Waals surface area contributed by atoms with Gasteiger partial charge in [0.25, 0.3) is 0 Å². The second kappa shape index (κ2) is 5.45. The lowest BCUT2D eigenvalue weighted by atomic mass is 10.2. The van der Waals surface area contributed by atoms with Crippen molar-refractivity contribution in [2.45, 2.75) is 13.0 Å².